The van der Waals surface area contributed by atoms with Crippen LogP contribution in [0, 0.1) is 30.0 Å². The number of aromatic nitrogens is 1. The number of carbonyl (C=O) groups is 1. The molecule has 1 aliphatic heterocycles. The van der Waals surface area contributed by atoms with Gasteiger partial charge in [0.05, 0.1) is 5.56 Å². The standard InChI is InChI=1S/C21H18F3N5O2/c1-10-6-11(8-25)9-27-17(10)18(30)28-12-2-4-15(22)14(7-12)21(19(23)24)13-3-5-16(13)31-20(26)29-21/h2,4,6-7,9,13,16,19H,3,5H2,1H3,(H2,26,29)(H,28,30). The van der Waals surface area contributed by atoms with Gasteiger partial charge in [0.1, 0.15) is 23.7 Å². The van der Waals surface area contributed by atoms with Gasteiger partial charge in [0.2, 0.25) is 0 Å². The van der Waals surface area contributed by atoms with Crippen LogP contribution in [-0.4, -0.2) is 29.4 Å². The van der Waals surface area contributed by atoms with Gasteiger partial charge in [-0.15, -0.1) is 0 Å². The van der Waals surface area contributed by atoms with Gasteiger partial charge in [0.25, 0.3) is 18.4 Å². The molecular weight excluding hydrogens is 411 g/mol. The van der Waals surface area contributed by atoms with Crippen LogP contribution in [0.25, 0.3) is 0 Å². The number of halogens is 3. The molecule has 3 N–H and O–H groups in total. The number of anilines is 1. The highest BCUT2D eigenvalue weighted by molar-refractivity contribution is 6.03. The van der Waals surface area contributed by atoms with Gasteiger partial charge in [0.15, 0.2) is 5.54 Å². The third kappa shape index (κ3) is 3.36. The lowest BCUT2D eigenvalue weighted by molar-refractivity contribution is -0.0949. The summed E-state index contributed by atoms with van der Waals surface area (Å²) in [5.74, 6) is -2.24. The van der Waals surface area contributed by atoms with Gasteiger partial charge in [0, 0.05) is 23.4 Å². The van der Waals surface area contributed by atoms with E-state index in [1.165, 1.54) is 18.3 Å². The van der Waals surface area contributed by atoms with Crippen LogP contribution < -0.4 is 11.1 Å². The van der Waals surface area contributed by atoms with E-state index in [-0.39, 0.29) is 16.9 Å². The molecular formula is C21H18F3N5O2. The van der Waals surface area contributed by atoms with Gasteiger partial charge in [-0.25, -0.2) is 23.1 Å². The largest absolute Gasteiger partial charge is 0.462 e. The van der Waals surface area contributed by atoms with Crippen molar-refractivity contribution in [2.75, 3.05) is 5.32 Å². The van der Waals surface area contributed by atoms with E-state index in [0.717, 1.165) is 12.1 Å². The summed E-state index contributed by atoms with van der Waals surface area (Å²) in [4.78, 5) is 20.5. The first-order valence-corrected chi connectivity index (χ1v) is 9.54. The molecule has 10 heteroatoms. The summed E-state index contributed by atoms with van der Waals surface area (Å²) in [5, 5.41) is 11.5. The minimum absolute atomic E-state index is 0.0563. The molecule has 1 amide bonds. The molecule has 3 atom stereocenters. The van der Waals surface area contributed by atoms with Crippen molar-refractivity contribution in [3.05, 3.63) is 58.7 Å². The Hall–Kier alpha value is -3.61. The Morgan fingerprint density at radius 2 is 2.16 bits per heavy atom. The molecule has 0 saturated heterocycles. The Kier molecular flexibility index (Phi) is 5.05. The minimum Gasteiger partial charge on any atom is -0.462 e. The third-order valence-electron chi connectivity index (χ3n) is 5.75. The van der Waals surface area contributed by atoms with Crippen molar-refractivity contribution in [2.24, 2.45) is 16.6 Å². The first-order valence-electron chi connectivity index (χ1n) is 9.54. The SMILES string of the molecule is Cc1cc(C#N)cnc1C(=O)Nc1ccc(F)c(C2(C(F)F)N=C(N)OC3CCC32)c1. The number of aryl methyl sites for hydroxylation is 1. The van der Waals surface area contributed by atoms with Crippen molar-refractivity contribution < 1.29 is 22.7 Å². The van der Waals surface area contributed by atoms with E-state index in [2.05, 4.69) is 15.3 Å². The average Bonchev–Trinajstić information content (AvgIpc) is 2.70. The maximum Gasteiger partial charge on any atom is 0.283 e. The number of hydrogen-bond donors (Lipinski definition) is 2. The number of nitrogens with zero attached hydrogens (tertiary/aromatic N) is 3. The Morgan fingerprint density at radius 3 is 2.77 bits per heavy atom. The lowest BCUT2D eigenvalue weighted by Gasteiger charge is -2.50. The fourth-order valence-corrected chi connectivity index (χ4v) is 4.12. The summed E-state index contributed by atoms with van der Waals surface area (Å²) in [7, 11) is 0. The van der Waals surface area contributed by atoms with Crippen LogP contribution in [0.2, 0.25) is 0 Å². The van der Waals surface area contributed by atoms with Gasteiger partial charge in [-0.1, -0.05) is 0 Å². The average molecular weight is 429 g/mol. The maximum atomic E-state index is 14.8. The van der Waals surface area contributed by atoms with Crippen molar-refractivity contribution in [3.8, 4) is 6.07 Å². The van der Waals surface area contributed by atoms with E-state index in [4.69, 9.17) is 15.7 Å². The first kappa shape index (κ1) is 20.7. The van der Waals surface area contributed by atoms with Crippen LogP contribution in [0.1, 0.15) is 40.0 Å². The van der Waals surface area contributed by atoms with Gasteiger partial charge >= 0.3 is 0 Å². The van der Waals surface area contributed by atoms with Crippen LogP contribution in [0.15, 0.2) is 35.5 Å². The molecule has 1 aliphatic carbocycles. The Bertz CT molecular complexity index is 1130. The summed E-state index contributed by atoms with van der Waals surface area (Å²) in [6, 6.07) is 6.43. The predicted octanol–water partition coefficient (Wildman–Crippen LogP) is 3.24. The van der Waals surface area contributed by atoms with Gasteiger partial charge in [-0.05, 0) is 49.6 Å². The number of rotatable bonds is 4. The number of amides is 1. The fraction of sp³-hybridized carbons (Fsp3) is 0.333. The van der Waals surface area contributed by atoms with Gasteiger partial charge in [-0.2, -0.15) is 5.26 Å². The Morgan fingerprint density at radius 1 is 1.39 bits per heavy atom. The molecule has 0 bridgehead atoms. The van der Waals surface area contributed by atoms with E-state index >= 15 is 0 Å². The molecule has 2 heterocycles. The van der Waals surface area contributed by atoms with Gasteiger partial charge < -0.3 is 15.8 Å². The molecule has 0 spiro atoms. The van der Waals surface area contributed by atoms with Crippen LogP contribution in [0.4, 0.5) is 18.9 Å². The second kappa shape index (κ2) is 7.58. The molecule has 0 radical (unpaired) electrons. The number of hydrogen-bond acceptors (Lipinski definition) is 6. The summed E-state index contributed by atoms with van der Waals surface area (Å²) in [6.07, 6.45) is -1.44. The number of alkyl halides is 2. The fourth-order valence-electron chi connectivity index (χ4n) is 4.12. The normalized spacial score (nSPS) is 24.3. The summed E-state index contributed by atoms with van der Waals surface area (Å²) in [6.45, 7) is 1.61. The smallest absolute Gasteiger partial charge is 0.283 e. The van der Waals surface area contributed by atoms with Crippen molar-refractivity contribution in [2.45, 2.75) is 37.8 Å². The molecule has 31 heavy (non-hydrogen) atoms. The molecule has 2 aliphatic rings. The van der Waals surface area contributed by atoms with Crippen molar-refractivity contribution in [3.63, 3.8) is 0 Å². The van der Waals surface area contributed by atoms with E-state index < -0.39 is 41.7 Å². The number of nitrogens with one attached hydrogen (secondary N) is 1. The molecule has 160 valence electrons. The second-order valence-corrected chi connectivity index (χ2v) is 7.57. The zero-order chi connectivity index (χ0) is 22.3. The van der Waals surface area contributed by atoms with Crippen molar-refractivity contribution in [1.29, 1.82) is 5.26 Å². The molecule has 4 rings (SSSR count). The number of pyridine rings is 1. The lowest BCUT2D eigenvalue weighted by Crippen LogP contribution is -2.57. The van der Waals surface area contributed by atoms with E-state index in [0.29, 0.717) is 24.0 Å². The maximum absolute atomic E-state index is 14.8. The van der Waals surface area contributed by atoms with Crippen LogP contribution in [0.3, 0.4) is 0 Å². The molecule has 2 aromatic rings. The summed E-state index contributed by atoms with van der Waals surface area (Å²) >= 11 is 0. The molecule has 1 aromatic heterocycles. The topological polar surface area (TPSA) is 113 Å². The molecule has 1 saturated carbocycles. The number of aliphatic imine (C=N–C) groups is 1. The number of ether oxygens (including phenoxy) is 1. The summed E-state index contributed by atoms with van der Waals surface area (Å²) in [5.41, 5.74) is 3.99. The second-order valence-electron chi connectivity index (χ2n) is 7.57. The Balaban J connectivity index is 1.71. The lowest BCUT2D eigenvalue weighted by atomic mass is 9.65. The molecule has 3 unspecified atom stereocenters. The van der Waals surface area contributed by atoms with E-state index in [1.54, 1.807) is 6.92 Å². The minimum atomic E-state index is -3.04. The highest BCUT2D eigenvalue weighted by atomic mass is 19.3. The number of fused-ring (bicyclic) bond motifs is 1. The molecule has 7 nitrogen and oxygen atoms in total. The van der Waals surface area contributed by atoms with Crippen LogP contribution in [-0.2, 0) is 10.3 Å². The van der Waals surface area contributed by atoms with E-state index in [1.807, 2.05) is 6.07 Å². The summed E-state index contributed by atoms with van der Waals surface area (Å²) < 4.78 is 48.8. The van der Waals surface area contributed by atoms with Gasteiger partial charge in [-0.3, -0.25) is 4.79 Å². The number of carbonyl (C=O) groups excluding carboxylic acids is 1. The van der Waals surface area contributed by atoms with Crippen LogP contribution >= 0.6 is 0 Å². The van der Waals surface area contributed by atoms with Crippen molar-refractivity contribution >= 4 is 17.6 Å². The number of benzene rings is 1. The quantitative estimate of drug-likeness (QED) is 0.775. The highest BCUT2D eigenvalue weighted by Crippen LogP contribution is 2.53. The Labute approximate surface area is 175 Å². The highest BCUT2D eigenvalue weighted by Gasteiger charge is 2.59. The zero-order valence-corrected chi connectivity index (χ0v) is 16.4. The monoisotopic (exact) mass is 429 g/mol. The molecule has 1 aromatic carbocycles. The molecule has 1 fully saturated rings. The zero-order valence-electron chi connectivity index (χ0n) is 16.4. The van der Waals surface area contributed by atoms with E-state index in [9.17, 15) is 18.0 Å². The third-order valence-corrected chi connectivity index (χ3v) is 5.75. The number of amidine groups is 1. The van der Waals surface area contributed by atoms with Crippen molar-refractivity contribution in [1.82, 2.24) is 4.98 Å². The predicted molar refractivity (Wildman–Crippen MR) is 105 cm³/mol. The number of nitriles is 1. The van der Waals surface area contributed by atoms with Crippen LogP contribution in [0.5, 0.6) is 0 Å². The first-order chi connectivity index (χ1) is 14.8. The number of nitrogens with two attached hydrogens (primary N) is 1.